The monoisotopic (exact) mass is 261 g/mol. The molecule has 0 saturated heterocycles. The van der Waals surface area contributed by atoms with Crippen LogP contribution in [0.15, 0.2) is 30.3 Å². The summed E-state index contributed by atoms with van der Waals surface area (Å²) in [5, 5.41) is 13.3. The first-order chi connectivity index (χ1) is 9.16. The molecular formula is C17H27NO. The summed E-state index contributed by atoms with van der Waals surface area (Å²) < 4.78 is 0. The van der Waals surface area contributed by atoms with Crippen molar-refractivity contribution in [3.8, 4) is 0 Å². The van der Waals surface area contributed by atoms with Crippen LogP contribution in [-0.2, 0) is 0 Å². The van der Waals surface area contributed by atoms with Gasteiger partial charge < -0.3 is 10.4 Å². The van der Waals surface area contributed by atoms with Gasteiger partial charge in [0.05, 0.1) is 6.10 Å². The van der Waals surface area contributed by atoms with Gasteiger partial charge in [0, 0.05) is 12.6 Å². The molecule has 0 spiro atoms. The van der Waals surface area contributed by atoms with Crippen LogP contribution in [0.4, 0.5) is 0 Å². The maximum atomic E-state index is 9.82. The molecule has 106 valence electrons. The van der Waals surface area contributed by atoms with Crippen LogP contribution in [0.3, 0.4) is 0 Å². The second kappa shape index (κ2) is 7.06. The summed E-state index contributed by atoms with van der Waals surface area (Å²) in [6, 6.07) is 11.5. The van der Waals surface area contributed by atoms with Crippen LogP contribution in [0.5, 0.6) is 0 Å². The Kier molecular flexibility index (Phi) is 5.41. The van der Waals surface area contributed by atoms with Gasteiger partial charge in [0.25, 0.3) is 0 Å². The molecule has 0 heterocycles. The third kappa shape index (κ3) is 4.32. The fourth-order valence-corrected chi connectivity index (χ4v) is 2.88. The lowest BCUT2D eigenvalue weighted by atomic mass is 9.82. The lowest BCUT2D eigenvalue weighted by Crippen LogP contribution is -2.39. The fraction of sp³-hybridized carbons (Fsp3) is 0.647. The molecule has 0 aromatic heterocycles. The van der Waals surface area contributed by atoms with E-state index in [1.165, 1.54) is 31.2 Å². The summed E-state index contributed by atoms with van der Waals surface area (Å²) in [7, 11) is 0. The van der Waals surface area contributed by atoms with E-state index in [9.17, 15) is 5.11 Å². The van der Waals surface area contributed by atoms with Gasteiger partial charge in [0.15, 0.2) is 0 Å². The normalized spacial score (nSPS) is 25.5. The van der Waals surface area contributed by atoms with Gasteiger partial charge in [-0.2, -0.15) is 0 Å². The van der Waals surface area contributed by atoms with Crippen LogP contribution in [0.2, 0.25) is 0 Å². The van der Waals surface area contributed by atoms with Gasteiger partial charge in [-0.15, -0.1) is 0 Å². The Hall–Kier alpha value is -0.860. The van der Waals surface area contributed by atoms with E-state index in [1.54, 1.807) is 0 Å². The molecule has 0 radical (unpaired) electrons. The lowest BCUT2D eigenvalue weighted by Gasteiger charge is -2.30. The van der Waals surface area contributed by atoms with Crippen molar-refractivity contribution >= 4 is 0 Å². The summed E-state index contributed by atoms with van der Waals surface area (Å²) in [4.78, 5) is 0. The van der Waals surface area contributed by atoms with Crippen molar-refractivity contribution in [3.63, 3.8) is 0 Å². The zero-order chi connectivity index (χ0) is 13.7. The number of aliphatic hydroxyl groups excluding tert-OH is 1. The molecule has 1 unspecified atom stereocenters. The molecule has 2 N–H and O–H groups in total. The zero-order valence-electron chi connectivity index (χ0n) is 12.2. The molecule has 1 atom stereocenters. The number of benzene rings is 1. The largest absolute Gasteiger partial charge is 0.392 e. The molecule has 2 nitrogen and oxygen atoms in total. The molecule has 0 bridgehead atoms. The first-order valence-corrected chi connectivity index (χ1v) is 7.63. The van der Waals surface area contributed by atoms with Gasteiger partial charge in [-0.25, -0.2) is 0 Å². The van der Waals surface area contributed by atoms with Crippen molar-refractivity contribution in [2.24, 2.45) is 5.92 Å². The molecule has 1 aromatic rings. The van der Waals surface area contributed by atoms with Crippen molar-refractivity contribution in [1.29, 1.82) is 0 Å². The topological polar surface area (TPSA) is 32.3 Å². The Morgan fingerprint density at radius 3 is 2.32 bits per heavy atom. The van der Waals surface area contributed by atoms with E-state index in [0.29, 0.717) is 12.0 Å². The smallest absolute Gasteiger partial charge is 0.0687 e. The number of nitrogens with one attached hydrogen (secondary N) is 1. The highest BCUT2D eigenvalue weighted by Crippen LogP contribution is 2.32. The van der Waals surface area contributed by atoms with Gasteiger partial charge in [-0.3, -0.25) is 0 Å². The molecule has 1 fully saturated rings. The van der Waals surface area contributed by atoms with E-state index in [0.717, 1.165) is 12.5 Å². The number of aliphatic hydroxyl groups is 1. The maximum absolute atomic E-state index is 9.82. The van der Waals surface area contributed by atoms with Crippen LogP contribution in [-0.4, -0.2) is 23.8 Å². The molecule has 1 aliphatic carbocycles. The number of rotatable bonds is 5. The van der Waals surface area contributed by atoms with Gasteiger partial charge in [-0.05, 0) is 43.1 Å². The molecule has 2 heteroatoms. The van der Waals surface area contributed by atoms with E-state index in [1.807, 2.05) is 0 Å². The quantitative estimate of drug-likeness (QED) is 0.852. The Morgan fingerprint density at radius 2 is 1.74 bits per heavy atom. The second-order valence-electron chi connectivity index (χ2n) is 6.18. The molecule has 1 aliphatic rings. The summed E-state index contributed by atoms with van der Waals surface area (Å²) in [5.41, 5.74) is 1.49. The number of hydrogen-bond donors (Lipinski definition) is 2. The predicted octanol–water partition coefficient (Wildman–Crippen LogP) is 3.32. The summed E-state index contributed by atoms with van der Waals surface area (Å²) in [6.45, 7) is 4.87. The molecule has 19 heavy (non-hydrogen) atoms. The van der Waals surface area contributed by atoms with Gasteiger partial charge in [0.2, 0.25) is 0 Å². The van der Waals surface area contributed by atoms with E-state index in [2.05, 4.69) is 49.5 Å². The predicted molar refractivity (Wildman–Crippen MR) is 80.3 cm³/mol. The fourth-order valence-electron chi connectivity index (χ4n) is 2.88. The van der Waals surface area contributed by atoms with Crippen molar-refractivity contribution in [3.05, 3.63) is 35.9 Å². The van der Waals surface area contributed by atoms with Crippen molar-refractivity contribution in [2.75, 3.05) is 6.54 Å². The highest BCUT2D eigenvalue weighted by molar-refractivity contribution is 5.20. The Morgan fingerprint density at radius 1 is 1.11 bits per heavy atom. The third-order valence-electron chi connectivity index (χ3n) is 4.38. The van der Waals surface area contributed by atoms with Crippen LogP contribution >= 0.6 is 0 Å². The van der Waals surface area contributed by atoms with Crippen molar-refractivity contribution in [2.45, 2.75) is 57.6 Å². The van der Waals surface area contributed by atoms with Crippen LogP contribution in [0, 0.1) is 5.92 Å². The van der Waals surface area contributed by atoms with Crippen molar-refractivity contribution in [1.82, 2.24) is 5.32 Å². The van der Waals surface area contributed by atoms with Crippen molar-refractivity contribution < 1.29 is 5.11 Å². The van der Waals surface area contributed by atoms with E-state index >= 15 is 0 Å². The molecule has 0 amide bonds. The van der Waals surface area contributed by atoms with E-state index < -0.39 is 0 Å². The average molecular weight is 261 g/mol. The molecule has 1 saturated carbocycles. The maximum Gasteiger partial charge on any atom is 0.0687 e. The summed E-state index contributed by atoms with van der Waals surface area (Å²) >= 11 is 0. The lowest BCUT2D eigenvalue weighted by molar-refractivity contribution is 0.117. The first kappa shape index (κ1) is 14.5. The standard InChI is InChI=1S/C17H27NO/c1-13(2)17(19)12-18-16-10-8-15(9-11-16)14-6-4-3-5-7-14/h3-7,13,15-19H,8-12H2,1-2H3. The van der Waals surface area contributed by atoms with Gasteiger partial charge >= 0.3 is 0 Å². The SMILES string of the molecule is CC(C)C(O)CNC1CCC(c2ccccc2)CC1. The first-order valence-electron chi connectivity index (χ1n) is 7.63. The molecule has 2 rings (SSSR count). The minimum Gasteiger partial charge on any atom is -0.392 e. The highest BCUT2D eigenvalue weighted by Gasteiger charge is 2.22. The van der Waals surface area contributed by atoms with Crippen LogP contribution < -0.4 is 5.32 Å². The van der Waals surface area contributed by atoms with E-state index in [-0.39, 0.29) is 6.10 Å². The average Bonchev–Trinajstić information content (AvgIpc) is 2.46. The second-order valence-corrected chi connectivity index (χ2v) is 6.18. The minimum absolute atomic E-state index is 0.216. The molecular weight excluding hydrogens is 234 g/mol. The Balaban J connectivity index is 1.74. The molecule has 1 aromatic carbocycles. The van der Waals surface area contributed by atoms with Crippen LogP contribution in [0.1, 0.15) is 51.0 Å². The Labute approximate surface area is 117 Å². The summed E-state index contributed by atoms with van der Waals surface area (Å²) in [5.74, 6) is 1.07. The zero-order valence-corrected chi connectivity index (χ0v) is 12.2. The molecule has 0 aliphatic heterocycles. The Bertz CT molecular complexity index is 355. The third-order valence-corrected chi connectivity index (χ3v) is 4.38. The highest BCUT2D eigenvalue weighted by atomic mass is 16.3. The van der Waals surface area contributed by atoms with Gasteiger partial charge in [0.1, 0.15) is 0 Å². The minimum atomic E-state index is -0.216. The van der Waals surface area contributed by atoms with Gasteiger partial charge in [-0.1, -0.05) is 44.2 Å². The van der Waals surface area contributed by atoms with Crippen LogP contribution in [0.25, 0.3) is 0 Å². The van der Waals surface area contributed by atoms with E-state index in [4.69, 9.17) is 0 Å². The number of hydrogen-bond acceptors (Lipinski definition) is 2. The summed E-state index contributed by atoms with van der Waals surface area (Å²) in [6.07, 6.45) is 4.76.